The highest BCUT2D eigenvalue weighted by atomic mass is 16.5. The monoisotopic (exact) mass is 280 g/mol. The first-order valence-corrected chi connectivity index (χ1v) is 8.34. The highest BCUT2D eigenvalue weighted by Crippen LogP contribution is 2.44. The van der Waals surface area contributed by atoms with Crippen molar-refractivity contribution in [1.82, 2.24) is 10.6 Å². The Bertz CT molecular complexity index is 354. The summed E-state index contributed by atoms with van der Waals surface area (Å²) in [5, 5.41) is 6.73. The summed E-state index contributed by atoms with van der Waals surface area (Å²) >= 11 is 0. The van der Waals surface area contributed by atoms with Crippen LogP contribution in [0, 0.1) is 11.3 Å². The summed E-state index contributed by atoms with van der Waals surface area (Å²) in [5.74, 6) is 0.837. The van der Waals surface area contributed by atoms with Crippen molar-refractivity contribution in [2.24, 2.45) is 11.3 Å². The Hall–Kier alpha value is -0.610. The molecule has 0 radical (unpaired) electrons. The van der Waals surface area contributed by atoms with E-state index in [1.165, 1.54) is 25.7 Å². The number of nitrogens with one attached hydrogen (secondary N) is 2. The van der Waals surface area contributed by atoms with E-state index in [0.717, 1.165) is 39.0 Å². The number of carbonyl (C=O) groups is 1. The fourth-order valence-corrected chi connectivity index (χ4v) is 4.34. The van der Waals surface area contributed by atoms with Gasteiger partial charge in [0, 0.05) is 19.2 Å². The summed E-state index contributed by atoms with van der Waals surface area (Å²) in [7, 11) is 0. The molecule has 1 saturated carbocycles. The van der Waals surface area contributed by atoms with E-state index in [2.05, 4.69) is 17.6 Å². The van der Waals surface area contributed by atoms with Crippen molar-refractivity contribution in [3.8, 4) is 0 Å². The van der Waals surface area contributed by atoms with Crippen molar-refractivity contribution in [2.75, 3.05) is 19.7 Å². The maximum atomic E-state index is 12.8. The van der Waals surface area contributed by atoms with E-state index in [4.69, 9.17) is 4.74 Å². The molecular formula is C16H28N2O2. The lowest BCUT2D eigenvalue weighted by Gasteiger charge is -2.38. The molecule has 0 aromatic carbocycles. The molecule has 0 aromatic heterocycles. The molecule has 2 heterocycles. The van der Waals surface area contributed by atoms with Crippen molar-refractivity contribution in [2.45, 2.75) is 64.0 Å². The van der Waals surface area contributed by atoms with Gasteiger partial charge in [-0.3, -0.25) is 4.79 Å². The lowest BCUT2D eigenvalue weighted by Crippen LogP contribution is -2.50. The Morgan fingerprint density at radius 1 is 1.40 bits per heavy atom. The number of hydrogen-bond acceptors (Lipinski definition) is 3. The number of ether oxygens (including phenoxy) is 1. The first-order valence-electron chi connectivity index (χ1n) is 8.34. The van der Waals surface area contributed by atoms with Gasteiger partial charge >= 0.3 is 0 Å². The van der Waals surface area contributed by atoms with Gasteiger partial charge in [-0.25, -0.2) is 0 Å². The maximum absolute atomic E-state index is 12.8. The Balaban J connectivity index is 1.57. The highest BCUT2D eigenvalue weighted by Gasteiger charge is 2.49. The largest absolute Gasteiger partial charge is 0.378 e. The number of amides is 1. The molecule has 3 aliphatic rings. The lowest BCUT2D eigenvalue weighted by atomic mass is 9.67. The Morgan fingerprint density at radius 3 is 3.10 bits per heavy atom. The Kier molecular flexibility index (Phi) is 4.32. The topological polar surface area (TPSA) is 50.4 Å². The van der Waals surface area contributed by atoms with Gasteiger partial charge in [0.05, 0.1) is 11.5 Å². The van der Waals surface area contributed by atoms with Crippen LogP contribution in [-0.4, -0.2) is 37.7 Å². The molecule has 20 heavy (non-hydrogen) atoms. The van der Waals surface area contributed by atoms with Gasteiger partial charge in [0.2, 0.25) is 5.91 Å². The minimum atomic E-state index is -0.122. The van der Waals surface area contributed by atoms with Crippen molar-refractivity contribution in [3.63, 3.8) is 0 Å². The average molecular weight is 280 g/mol. The Labute approximate surface area is 122 Å². The van der Waals surface area contributed by atoms with E-state index in [-0.39, 0.29) is 17.4 Å². The zero-order valence-electron chi connectivity index (χ0n) is 12.6. The second-order valence-electron chi connectivity index (χ2n) is 6.97. The van der Waals surface area contributed by atoms with Crippen LogP contribution in [0.25, 0.3) is 0 Å². The van der Waals surface area contributed by atoms with E-state index in [1.807, 2.05) is 0 Å². The second kappa shape index (κ2) is 6.02. The quantitative estimate of drug-likeness (QED) is 0.826. The van der Waals surface area contributed by atoms with Crippen LogP contribution in [0.15, 0.2) is 0 Å². The molecule has 2 aliphatic heterocycles. The molecule has 114 valence electrons. The van der Waals surface area contributed by atoms with Crippen LogP contribution in [0.4, 0.5) is 0 Å². The second-order valence-corrected chi connectivity index (χ2v) is 6.97. The van der Waals surface area contributed by atoms with Gasteiger partial charge in [-0.05, 0) is 51.5 Å². The standard InChI is InChI=1S/C16H28N2O2/c1-12(9-14-6-4-8-20-14)18-15(19)16-7-3-2-5-13(16)10-17-11-16/h12-14,17H,2-11H2,1H3,(H,18,19)/t12?,13-,14?,16+/m0/s1. The van der Waals surface area contributed by atoms with E-state index in [0.29, 0.717) is 12.0 Å². The summed E-state index contributed by atoms with van der Waals surface area (Å²) in [6, 6.07) is 0.225. The number of hydrogen-bond donors (Lipinski definition) is 2. The number of rotatable bonds is 4. The van der Waals surface area contributed by atoms with Crippen LogP contribution in [0.1, 0.15) is 51.9 Å². The zero-order valence-corrected chi connectivity index (χ0v) is 12.6. The first-order chi connectivity index (χ1) is 9.71. The van der Waals surface area contributed by atoms with Crippen LogP contribution < -0.4 is 10.6 Å². The smallest absolute Gasteiger partial charge is 0.228 e. The summed E-state index contributed by atoms with van der Waals surface area (Å²) in [6.45, 7) is 4.90. The molecule has 2 N–H and O–H groups in total. The molecule has 4 atom stereocenters. The van der Waals surface area contributed by atoms with Gasteiger partial charge in [0.15, 0.2) is 0 Å². The predicted octanol–water partition coefficient (Wildman–Crippen LogP) is 1.84. The normalized spacial score (nSPS) is 38.5. The van der Waals surface area contributed by atoms with Gasteiger partial charge in [0.25, 0.3) is 0 Å². The van der Waals surface area contributed by atoms with E-state index < -0.39 is 0 Å². The van der Waals surface area contributed by atoms with Crippen molar-refractivity contribution >= 4 is 5.91 Å². The average Bonchev–Trinajstić information content (AvgIpc) is 3.07. The fraction of sp³-hybridized carbons (Fsp3) is 0.938. The van der Waals surface area contributed by atoms with Crippen LogP contribution in [-0.2, 0) is 9.53 Å². The van der Waals surface area contributed by atoms with Crippen LogP contribution in [0.2, 0.25) is 0 Å². The lowest BCUT2D eigenvalue weighted by molar-refractivity contribution is -0.134. The summed E-state index contributed by atoms with van der Waals surface area (Å²) in [4.78, 5) is 12.8. The molecule has 1 aliphatic carbocycles. The molecule has 2 unspecified atom stereocenters. The van der Waals surface area contributed by atoms with Gasteiger partial charge in [0.1, 0.15) is 0 Å². The van der Waals surface area contributed by atoms with Crippen molar-refractivity contribution in [1.29, 1.82) is 0 Å². The van der Waals surface area contributed by atoms with Crippen molar-refractivity contribution < 1.29 is 9.53 Å². The molecule has 0 aromatic rings. The molecular weight excluding hydrogens is 252 g/mol. The minimum Gasteiger partial charge on any atom is -0.378 e. The molecule has 0 bridgehead atoms. The summed E-state index contributed by atoms with van der Waals surface area (Å²) in [5.41, 5.74) is -0.122. The minimum absolute atomic E-state index is 0.122. The van der Waals surface area contributed by atoms with Crippen LogP contribution in [0.3, 0.4) is 0 Å². The van der Waals surface area contributed by atoms with Crippen molar-refractivity contribution in [3.05, 3.63) is 0 Å². The van der Waals surface area contributed by atoms with Gasteiger partial charge in [-0.15, -0.1) is 0 Å². The van der Waals surface area contributed by atoms with Crippen LogP contribution >= 0.6 is 0 Å². The SMILES string of the molecule is CC(CC1CCCO1)NC(=O)[C@@]12CCCC[C@H]1CNC2. The van der Waals surface area contributed by atoms with Gasteiger partial charge in [-0.2, -0.15) is 0 Å². The number of carbonyl (C=O) groups excluding carboxylic acids is 1. The third-order valence-corrected chi connectivity index (χ3v) is 5.51. The molecule has 4 heteroatoms. The number of fused-ring (bicyclic) bond motifs is 1. The third kappa shape index (κ3) is 2.73. The van der Waals surface area contributed by atoms with E-state index in [9.17, 15) is 4.79 Å². The molecule has 3 fully saturated rings. The van der Waals surface area contributed by atoms with Crippen LogP contribution in [0.5, 0.6) is 0 Å². The summed E-state index contributed by atoms with van der Waals surface area (Å²) in [6.07, 6.45) is 8.38. The summed E-state index contributed by atoms with van der Waals surface area (Å²) < 4.78 is 5.67. The molecule has 2 saturated heterocycles. The van der Waals surface area contributed by atoms with E-state index in [1.54, 1.807) is 0 Å². The Morgan fingerprint density at radius 2 is 2.30 bits per heavy atom. The first kappa shape index (κ1) is 14.3. The molecule has 0 spiro atoms. The van der Waals surface area contributed by atoms with E-state index >= 15 is 0 Å². The highest BCUT2D eigenvalue weighted by molar-refractivity contribution is 5.84. The van der Waals surface area contributed by atoms with Gasteiger partial charge in [-0.1, -0.05) is 12.8 Å². The zero-order chi connectivity index (χ0) is 14.0. The maximum Gasteiger partial charge on any atom is 0.228 e. The third-order valence-electron chi connectivity index (χ3n) is 5.51. The molecule has 4 nitrogen and oxygen atoms in total. The molecule has 3 rings (SSSR count). The fourth-order valence-electron chi connectivity index (χ4n) is 4.34. The predicted molar refractivity (Wildman–Crippen MR) is 78.5 cm³/mol. The molecule has 1 amide bonds. The van der Waals surface area contributed by atoms with Gasteiger partial charge < -0.3 is 15.4 Å².